The molecule has 0 aliphatic heterocycles. The Morgan fingerprint density at radius 1 is 1.26 bits per heavy atom. The molecule has 0 aliphatic carbocycles. The van der Waals surface area contributed by atoms with E-state index in [9.17, 15) is 4.79 Å². The van der Waals surface area contributed by atoms with Crippen LogP contribution in [-0.4, -0.2) is 31.7 Å². The number of methoxy groups -OCH3 is 2. The first-order valence-corrected chi connectivity index (χ1v) is 8.27. The molecule has 0 spiro atoms. The molecule has 5 nitrogen and oxygen atoms in total. The summed E-state index contributed by atoms with van der Waals surface area (Å²) in [6, 6.07) is 3.46. The number of amides is 1. The number of hydrogen-bond acceptors (Lipinski definition) is 5. The molecule has 1 aromatic heterocycles. The van der Waals surface area contributed by atoms with Crippen molar-refractivity contribution in [3.8, 4) is 11.5 Å². The minimum absolute atomic E-state index is 0.151. The van der Waals surface area contributed by atoms with Crippen LogP contribution in [0.25, 0.3) is 0 Å². The van der Waals surface area contributed by atoms with Crippen LogP contribution in [0.15, 0.2) is 17.5 Å². The third-order valence-electron chi connectivity index (χ3n) is 3.64. The highest BCUT2D eigenvalue weighted by Gasteiger charge is 2.15. The molecular weight excluding hydrogens is 312 g/mol. The number of nitrogens with one attached hydrogen (secondary N) is 1. The van der Waals surface area contributed by atoms with Gasteiger partial charge in [-0.3, -0.25) is 4.79 Å². The average Bonchev–Trinajstić information content (AvgIpc) is 2.99. The van der Waals surface area contributed by atoms with E-state index in [2.05, 4.69) is 17.2 Å². The Morgan fingerprint density at radius 2 is 1.87 bits per heavy atom. The van der Waals surface area contributed by atoms with Crippen molar-refractivity contribution < 1.29 is 14.3 Å². The summed E-state index contributed by atoms with van der Waals surface area (Å²) >= 11 is 1.62. The first kappa shape index (κ1) is 17.3. The second-order valence-electron chi connectivity index (χ2n) is 5.44. The number of hydrogen-bond donors (Lipinski definition) is 1. The highest BCUT2D eigenvalue weighted by molar-refractivity contribution is 7.09. The smallest absolute Gasteiger partial charge is 0.251 e. The molecule has 6 heteroatoms. The lowest BCUT2D eigenvalue weighted by Crippen LogP contribution is -2.27. The molecule has 0 unspecified atom stereocenters. The number of carbonyl (C=O) groups excluding carboxylic acids is 1. The third-order valence-corrected chi connectivity index (χ3v) is 4.84. The van der Waals surface area contributed by atoms with Crippen LogP contribution in [0, 0.1) is 13.8 Å². The summed E-state index contributed by atoms with van der Waals surface area (Å²) in [6.45, 7) is 6.45. The van der Waals surface area contributed by atoms with Crippen LogP contribution in [0.4, 0.5) is 0 Å². The topological polar surface area (TPSA) is 60.5 Å². The van der Waals surface area contributed by atoms with Gasteiger partial charge in [0.25, 0.3) is 5.91 Å². The fourth-order valence-corrected chi connectivity index (χ4v) is 3.11. The van der Waals surface area contributed by atoms with Crippen molar-refractivity contribution in [1.29, 1.82) is 0 Å². The molecule has 0 aliphatic rings. The van der Waals surface area contributed by atoms with Crippen LogP contribution in [0.2, 0.25) is 0 Å². The monoisotopic (exact) mass is 334 g/mol. The summed E-state index contributed by atoms with van der Waals surface area (Å²) in [6.07, 6.45) is 0. The number of ether oxygens (including phenoxy) is 2. The largest absolute Gasteiger partial charge is 0.496 e. The molecule has 0 bridgehead atoms. The maximum atomic E-state index is 12.4. The van der Waals surface area contributed by atoms with Gasteiger partial charge in [0.2, 0.25) is 0 Å². The standard InChI is InChI=1S/C17H22N2O3S/c1-10(17-19-11(2)9-23-17)8-18-16(20)13-6-14(21-4)12(3)15(7-13)22-5/h6-7,9-10H,8H2,1-5H3,(H,18,20)/t10-/m0/s1. The van der Waals surface area contributed by atoms with Crippen LogP contribution >= 0.6 is 11.3 Å². The number of thiazole rings is 1. The summed E-state index contributed by atoms with van der Waals surface area (Å²) in [5, 5.41) is 5.99. The second-order valence-corrected chi connectivity index (χ2v) is 6.33. The number of aromatic nitrogens is 1. The van der Waals surface area contributed by atoms with E-state index in [1.54, 1.807) is 37.7 Å². The highest BCUT2D eigenvalue weighted by atomic mass is 32.1. The minimum Gasteiger partial charge on any atom is -0.496 e. The van der Waals surface area contributed by atoms with Crippen LogP contribution in [0.3, 0.4) is 0 Å². The first-order chi connectivity index (χ1) is 11.0. The summed E-state index contributed by atoms with van der Waals surface area (Å²) in [7, 11) is 3.16. The van der Waals surface area contributed by atoms with E-state index in [-0.39, 0.29) is 11.8 Å². The maximum Gasteiger partial charge on any atom is 0.251 e. The molecule has 1 N–H and O–H groups in total. The van der Waals surface area contributed by atoms with Gasteiger partial charge in [-0.1, -0.05) is 6.92 Å². The van der Waals surface area contributed by atoms with Gasteiger partial charge >= 0.3 is 0 Å². The molecule has 0 saturated heterocycles. The average molecular weight is 334 g/mol. The Hall–Kier alpha value is -2.08. The van der Waals surface area contributed by atoms with E-state index in [0.717, 1.165) is 16.3 Å². The quantitative estimate of drug-likeness (QED) is 0.880. The van der Waals surface area contributed by atoms with Gasteiger partial charge < -0.3 is 14.8 Å². The lowest BCUT2D eigenvalue weighted by atomic mass is 10.1. The van der Waals surface area contributed by atoms with E-state index in [4.69, 9.17) is 9.47 Å². The maximum absolute atomic E-state index is 12.4. The van der Waals surface area contributed by atoms with E-state index < -0.39 is 0 Å². The zero-order chi connectivity index (χ0) is 17.0. The molecule has 1 atom stereocenters. The van der Waals surface area contributed by atoms with Crippen LogP contribution in [0.1, 0.15) is 39.5 Å². The molecule has 1 aromatic carbocycles. The van der Waals surface area contributed by atoms with Crippen molar-refractivity contribution in [2.75, 3.05) is 20.8 Å². The first-order valence-electron chi connectivity index (χ1n) is 7.39. The van der Waals surface area contributed by atoms with Crippen molar-refractivity contribution in [2.45, 2.75) is 26.7 Å². The fourth-order valence-electron chi connectivity index (χ4n) is 2.25. The lowest BCUT2D eigenvalue weighted by molar-refractivity contribution is 0.0951. The molecule has 0 saturated carbocycles. The van der Waals surface area contributed by atoms with E-state index >= 15 is 0 Å². The number of nitrogens with zero attached hydrogens (tertiary/aromatic N) is 1. The highest BCUT2D eigenvalue weighted by Crippen LogP contribution is 2.29. The summed E-state index contributed by atoms with van der Waals surface area (Å²) in [5.41, 5.74) is 2.40. The van der Waals surface area contributed by atoms with Crippen LogP contribution < -0.4 is 14.8 Å². The molecular formula is C17H22N2O3S. The van der Waals surface area contributed by atoms with Crippen molar-refractivity contribution in [3.05, 3.63) is 39.3 Å². The van der Waals surface area contributed by atoms with Gasteiger partial charge in [-0.2, -0.15) is 0 Å². The van der Waals surface area contributed by atoms with Gasteiger partial charge in [0.05, 0.1) is 19.2 Å². The van der Waals surface area contributed by atoms with Gasteiger partial charge in [-0.05, 0) is 26.0 Å². The normalized spacial score (nSPS) is 11.9. The fraction of sp³-hybridized carbons (Fsp3) is 0.412. The molecule has 2 rings (SSSR count). The lowest BCUT2D eigenvalue weighted by Gasteiger charge is -2.14. The number of rotatable bonds is 6. The molecule has 2 aromatic rings. The van der Waals surface area contributed by atoms with Gasteiger partial charge in [-0.15, -0.1) is 11.3 Å². The third kappa shape index (κ3) is 4.01. The molecule has 0 radical (unpaired) electrons. The van der Waals surface area contributed by atoms with E-state index in [0.29, 0.717) is 23.6 Å². The molecule has 23 heavy (non-hydrogen) atoms. The van der Waals surface area contributed by atoms with Crippen LogP contribution in [0.5, 0.6) is 11.5 Å². The Kier molecular flexibility index (Phi) is 5.60. The molecule has 124 valence electrons. The van der Waals surface area contributed by atoms with Gasteiger partial charge in [0.1, 0.15) is 11.5 Å². The SMILES string of the molecule is COc1cc(C(=O)NC[C@H](C)c2nc(C)cs2)cc(OC)c1C. The van der Waals surface area contributed by atoms with Crippen molar-refractivity contribution in [1.82, 2.24) is 10.3 Å². The second kappa shape index (κ2) is 7.46. The Morgan fingerprint density at radius 3 is 2.35 bits per heavy atom. The summed E-state index contributed by atoms with van der Waals surface area (Å²) in [4.78, 5) is 16.8. The molecule has 1 amide bonds. The Bertz CT molecular complexity index is 672. The Labute approximate surface area is 140 Å². The zero-order valence-corrected chi connectivity index (χ0v) is 14.9. The van der Waals surface area contributed by atoms with Crippen molar-refractivity contribution in [3.63, 3.8) is 0 Å². The van der Waals surface area contributed by atoms with E-state index in [1.165, 1.54) is 0 Å². The predicted molar refractivity (Wildman–Crippen MR) is 91.9 cm³/mol. The number of carbonyl (C=O) groups is 1. The summed E-state index contributed by atoms with van der Waals surface area (Å²) in [5.74, 6) is 1.30. The van der Waals surface area contributed by atoms with Gasteiger partial charge in [0, 0.05) is 34.7 Å². The van der Waals surface area contributed by atoms with E-state index in [1.807, 2.05) is 19.2 Å². The van der Waals surface area contributed by atoms with Crippen molar-refractivity contribution >= 4 is 17.2 Å². The molecule has 0 fully saturated rings. The van der Waals surface area contributed by atoms with Crippen LogP contribution in [-0.2, 0) is 0 Å². The molecule has 1 heterocycles. The summed E-state index contributed by atoms with van der Waals surface area (Å²) < 4.78 is 10.6. The number of benzene rings is 1. The minimum atomic E-state index is -0.151. The Balaban J connectivity index is 2.08. The number of aryl methyl sites for hydroxylation is 1. The van der Waals surface area contributed by atoms with Gasteiger partial charge in [0.15, 0.2) is 0 Å². The van der Waals surface area contributed by atoms with Crippen molar-refractivity contribution in [2.24, 2.45) is 0 Å². The zero-order valence-electron chi connectivity index (χ0n) is 14.1. The predicted octanol–water partition coefficient (Wildman–Crippen LogP) is 3.31. The van der Waals surface area contributed by atoms with Gasteiger partial charge in [-0.25, -0.2) is 4.98 Å².